The number of carbonyl (C=O) groups excluding carboxylic acids is 1. The van der Waals surface area contributed by atoms with E-state index in [4.69, 9.17) is 4.74 Å². The van der Waals surface area contributed by atoms with Gasteiger partial charge in [0.25, 0.3) is 0 Å². The van der Waals surface area contributed by atoms with Gasteiger partial charge in [0.15, 0.2) is 0 Å². The van der Waals surface area contributed by atoms with E-state index >= 15 is 0 Å². The summed E-state index contributed by atoms with van der Waals surface area (Å²) in [6, 6.07) is 5.84. The summed E-state index contributed by atoms with van der Waals surface area (Å²) in [7, 11) is 1.65. The Kier molecular flexibility index (Phi) is 5.19. The summed E-state index contributed by atoms with van der Waals surface area (Å²) in [4.78, 5) is 12.3. The highest BCUT2D eigenvalue weighted by Gasteiger charge is 2.06. The van der Waals surface area contributed by atoms with Gasteiger partial charge in [-0.2, -0.15) is 0 Å². The third-order valence-electron chi connectivity index (χ3n) is 2.00. The minimum absolute atomic E-state index is 0.187. The summed E-state index contributed by atoms with van der Waals surface area (Å²) in [5, 5.41) is 0.410. The van der Waals surface area contributed by atoms with Crippen LogP contribution < -0.4 is 4.74 Å². The molecule has 0 aliphatic carbocycles. The van der Waals surface area contributed by atoms with E-state index in [-0.39, 0.29) is 5.78 Å². The van der Waals surface area contributed by atoms with Gasteiger partial charge < -0.3 is 4.74 Å². The molecular weight excluding hydrogens is 276 g/mol. The van der Waals surface area contributed by atoms with Gasteiger partial charge in [-0.3, -0.25) is 4.79 Å². The number of alkyl halides is 1. The zero-order valence-electron chi connectivity index (χ0n) is 8.75. The van der Waals surface area contributed by atoms with Crippen molar-refractivity contribution < 1.29 is 9.53 Å². The number of ketones is 1. The molecule has 4 heteroatoms. The van der Waals surface area contributed by atoms with E-state index in [1.807, 2.05) is 24.5 Å². The van der Waals surface area contributed by atoms with Crippen molar-refractivity contribution >= 4 is 33.5 Å². The van der Waals surface area contributed by atoms with E-state index in [1.165, 1.54) is 0 Å². The summed E-state index contributed by atoms with van der Waals surface area (Å²) in [6.07, 6.45) is 2.47. The van der Waals surface area contributed by atoms with E-state index in [2.05, 4.69) is 15.9 Å². The molecule has 0 saturated heterocycles. The molecule has 0 N–H and O–H groups in total. The molecule has 0 aliphatic rings. The quantitative estimate of drug-likeness (QED) is 0.616. The summed E-state index contributed by atoms with van der Waals surface area (Å²) < 4.78 is 5.21. The first-order valence-corrected chi connectivity index (χ1v) is 6.84. The second-order valence-electron chi connectivity index (χ2n) is 3.04. The van der Waals surface area contributed by atoms with Crippen LogP contribution in [0.2, 0.25) is 0 Å². The molecule has 1 aromatic carbocycles. The second kappa shape index (κ2) is 6.18. The van der Waals surface area contributed by atoms with Crippen LogP contribution in [0.1, 0.15) is 5.56 Å². The number of hydrogen-bond acceptors (Lipinski definition) is 3. The molecule has 15 heavy (non-hydrogen) atoms. The number of benzene rings is 1. The maximum atomic E-state index is 11.3. The molecular formula is C11H13BrO2S. The van der Waals surface area contributed by atoms with Crippen molar-refractivity contribution in [3.05, 3.63) is 23.8 Å². The number of rotatable bonds is 5. The molecule has 1 rings (SSSR count). The number of ether oxygens (including phenoxy) is 1. The highest BCUT2D eigenvalue weighted by atomic mass is 79.9. The molecule has 0 aliphatic heterocycles. The maximum absolute atomic E-state index is 11.3. The van der Waals surface area contributed by atoms with E-state index in [0.29, 0.717) is 11.8 Å². The molecule has 0 spiro atoms. The Hall–Kier alpha value is -0.480. The lowest BCUT2D eigenvalue weighted by atomic mass is 10.1. The lowest BCUT2D eigenvalue weighted by Gasteiger charge is -2.07. The summed E-state index contributed by atoms with van der Waals surface area (Å²) >= 11 is 4.78. The van der Waals surface area contributed by atoms with Gasteiger partial charge in [-0.15, -0.1) is 11.8 Å². The van der Waals surface area contributed by atoms with Crippen molar-refractivity contribution in [3.8, 4) is 5.75 Å². The van der Waals surface area contributed by atoms with Gasteiger partial charge in [-0.25, -0.2) is 0 Å². The number of hydrogen-bond donors (Lipinski definition) is 0. The topological polar surface area (TPSA) is 26.3 Å². The van der Waals surface area contributed by atoms with Crippen LogP contribution >= 0.6 is 27.7 Å². The number of Topliss-reactive ketones (excluding diaryl/α,β-unsaturated/α-hetero) is 1. The zero-order chi connectivity index (χ0) is 11.3. The van der Waals surface area contributed by atoms with Crippen LogP contribution in [0.15, 0.2) is 23.1 Å². The number of thioether (sulfide) groups is 1. The normalized spacial score (nSPS) is 10.1. The van der Waals surface area contributed by atoms with Crippen LogP contribution in [0.25, 0.3) is 0 Å². The largest absolute Gasteiger partial charge is 0.496 e. The molecule has 0 heterocycles. The maximum Gasteiger partial charge on any atom is 0.147 e. The van der Waals surface area contributed by atoms with Crippen molar-refractivity contribution in [1.82, 2.24) is 0 Å². The van der Waals surface area contributed by atoms with Gasteiger partial charge in [-0.1, -0.05) is 22.0 Å². The first-order chi connectivity index (χ1) is 7.21. The highest BCUT2D eigenvalue weighted by Crippen LogP contribution is 2.28. The van der Waals surface area contributed by atoms with Crippen molar-refractivity contribution in [2.45, 2.75) is 11.3 Å². The summed E-state index contributed by atoms with van der Waals surface area (Å²) in [6.45, 7) is 0. The third-order valence-corrected chi connectivity index (χ3v) is 3.38. The SMILES string of the molecule is COc1ccc(CC(=O)CBr)cc1SC. The highest BCUT2D eigenvalue weighted by molar-refractivity contribution is 9.09. The van der Waals surface area contributed by atoms with Crippen LogP contribution in [0.5, 0.6) is 5.75 Å². The van der Waals surface area contributed by atoms with Crippen molar-refractivity contribution in [1.29, 1.82) is 0 Å². The lowest BCUT2D eigenvalue weighted by Crippen LogP contribution is -2.03. The molecule has 0 bridgehead atoms. The molecule has 0 aromatic heterocycles. The molecule has 0 amide bonds. The molecule has 0 atom stereocenters. The van der Waals surface area contributed by atoms with Gasteiger partial charge in [0.05, 0.1) is 12.4 Å². The molecule has 0 radical (unpaired) electrons. The first kappa shape index (κ1) is 12.6. The fourth-order valence-electron chi connectivity index (χ4n) is 1.27. The van der Waals surface area contributed by atoms with Gasteiger partial charge in [0, 0.05) is 11.3 Å². The predicted molar refractivity (Wildman–Crippen MR) is 67.3 cm³/mol. The smallest absolute Gasteiger partial charge is 0.147 e. The van der Waals surface area contributed by atoms with E-state index < -0.39 is 0 Å². The molecule has 0 fully saturated rings. The standard InChI is InChI=1S/C11H13BrO2S/c1-14-10-4-3-8(5-9(13)7-12)6-11(10)15-2/h3-4,6H,5,7H2,1-2H3. The van der Waals surface area contributed by atoms with Crippen LogP contribution in [-0.2, 0) is 11.2 Å². The van der Waals surface area contributed by atoms with Gasteiger partial charge >= 0.3 is 0 Å². The van der Waals surface area contributed by atoms with Crippen molar-refractivity contribution in [2.75, 3.05) is 18.7 Å². The van der Waals surface area contributed by atoms with E-state index in [1.54, 1.807) is 18.9 Å². The fourth-order valence-corrected chi connectivity index (χ4v) is 2.09. The Morgan fingerprint density at radius 3 is 2.80 bits per heavy atom. The number of carbonyl (C=O) groups is 1. The average molecular weight is 289 g/mol. The van der Waals surface area contributed by atoms with Gasteiger partial charge in [0.1, 0.15) is 11.5 Å². The Morgan fingerprint density at radius 2 is 2.27 bits per heavy atom. The predicted octanol–water partition coefficient (Wildman–Crippen LogP) is 2.92. The lowest BCUT2D eigenvalue weighted by molar-refractivity contribution is -0.115. The number of methoxy groups -OCH3 is 1. The molecule has 2 nitrogen and oxygen atoms in total. The van der Waals surface area contributed by atoms with E-state index in [0.717, 1.165) is 16.2 Å². The Balaban J connectivity index is 2.88. The van der Waals surface area contributed by atoms with Gasteiger partial charge in [-0.05, 0) is 24.0 Å². The van der Waals surface area contributed by atoms with Crippen molar-refractivity contribution in [2.24, 2.45) is 0 Å². The van der Waals surface area contributed by atoms with Crippen LogP contribution in [0.4, 0.5) is 0 Å². The second-order valence-corrected chi connectivity index (χ2v) is 4.45. The summed E-state index contributed by atoms with van der Waals surface area (Å²) in [5.41, 5.74) is 1.03. The van der Waals surface area contributed by atoms with Crippen LogP contribution in [0, 0.1) is 0 Å². The zero-order valence-corrected chi connectivity index (χ0v) is 11.2. The molecule has 0 unspecified atom stereocenters. The Labute approximate surface area is 103 Å². The molecule has 1 aromatic rings. The minimum Gasteiger partial charge on any atom is -0.496 e. The van der Waals surface area contributed by atoms with Gasteiger partial charge in [0.2, 0.25) is 0 Å². The Morgan fingerprint density at radius 1 is 1.53 bits per heavy atom. The first-order valence-electron chi connectivity index (χ1n) is 4.49. The number of halogens is 1. The van der Waals surface area contributed by atoms with Crippen molar-refractivity contribution in [3.63, 3.8) is 0 Å². The molecule has 0 saturated carbocycles. The summed E-state index contributed by atoms with van der Waals surface area (Å²) in [5.74, 6) is 1.05. The van der Waals surface area contributed by atoms with Crippen LogP contribution in [-0.4, -0.2) is 24.5 Å². The molecule has 82 valence electrons. The monoisotopic (exact) mass is 288 g/mol. The third kappa shape index (κ3) is 3.54. The fraction of sp³-hybridized carbons (Fsp3) is 0.364. The van der Waals surface area contributed by atoms with Crippen LogP contribution in [0.3, 0.4) is 0 Å². The minimum atomic E-state index is 0.187. The average Bonchev–Trinajstić information content (AvgIpc) is 2.28. The van der Waals surface area contributed by atoms with E-state index in [9.17, 15) is 4.79 Å². The Bertz CT molecular complexity index is 352.